The van der Waals surface area contributed by atoms with Crippen LogP contribution in [0.15, 0.2) is 103 Å². The Morgan fingerprint density at radius 3 is 2.13 bits per heavy atom. The number of carbonyl (C=O) groups excluding carboxylic acids is 2. The van der Waals surface area contributed by atoms with Crippen LogP contribution in [0.4, 0.5) is 0 Å². The van der Waals surface area contributed by atoms with Crippen molar-refractivity contribution in [2.45, 2.75) is 95.7 Å². The summed E-state index contributed by atoms with van der Waals surface area (Å²) in [6, 6.07) is 33.6. The molecule has 0 spiro atoms. The van der Waals surface area contributed by atoms with Crippen LogP contribution >= 0.6 is 0 Å². The van der Waals surface area contributed by atoms with E-state index in [2.05, 4.69) is 28.4 Å². The number of likely N-dealkylation sites (N-methyl/N-ethyl adjacent to an activating group) is 1. The van der Waals surface area contributed by atoms with Crippen LogP contribution < -0.4 is 10.8 Å². The molecule has 1 saturated heterocycles. The summed E-state index contributed by atoms with van der Waals surface area (Å²) in [7, 11) is 2.01. The van der Waals surface area contributed by atoms with Gasteiger partial charge in [0.15, 0.2) is 6.29 Å². The molecule has 5 atom stereocenters. The first-order valence-corrected chi connectivity index (χ1v) is 18.6. The summed E-state index contributed by atoms with van der Waals surface area (Å²) < 4.78 is 13.2. The van der Waals surface area contributed by atoms with E-state index in [1.807, 2.05) is 98.9 Å². The summed E-state index contributed by atoms with van der Waals surface area (Å²) >= 11 is 0. The molecule has 1 aliphatic heterocycles. The number of rotatable bonds is 18. The number of hydroxylamine groups is 1. The topological polar surface area (TPSA) is 141 Å². The number of ether oxygens (including phenoxy) is 2. The van der Waals surface area contributed by atoms with Gasteiger partial charge in [-0.2, -0.15) is 0 Å². The standard InChI is InChI=1S/C43H53N3O7/c1-30(42(50)34-12-6-5-7-13-34)46(2)28-37-26-39(33-20-18-31(29-47)19-21-33)53-43(52-37)35-24-22-32(23-25-35)38-15-11-10-14-36(38)27-44-40(48)16-8-3-4-9-17-41(49)45-51/h5-7,10-15,18-25,30,37,39,42-43,47,50-51H,3-4,8-9,16-17,26-29H2,1-2H3,(H,44,48)(H,45,49)/t30-,37-,39+,42-,43+/m1/s1. The van der Waals surface area contributed by atoms with E-state index >= 15 is 0 Å². The third kappa shape index (κ3) is 11.5. The predicted molar refractivity (Wildman–Crippen MR) is 203 cm³/mol. The Bertz CT molecular complexity index is 1720. The van der Waals surface area contributed by atoms with Gasteiger partial charge in [-0.1, -0.05) is 116 Å². The maximum absolute atomic E-state index is 12.6. The Kier molecular flexibility index (Phi) is 15.1. The number of aliphatic hydroxyl groups excluding tert-OH is 2. The molecule has 1 aliphatic rings. The number of unbranched alkanes of at least 4 members (excludes halogenated alkanes) is 3. The van der Waals surface area contributed by atoms with Crippen molar-refractivity contribution in [3.8, 4) is 11.1 Å². The summed E-state index contributed by atoms with van der Waals surface area (Å²) in [5.74, 6) is -0.402. The number of aliphatic hydroxyl groups is 2. The summed E-state index contributed by atoms with van der Waals surface area (Å²) in [6.45, 7) is 3.00. The highest BCUT2D eigenvalue weighted by molar-refractivity contribution is 5.76. The van der Waals surface area contributed by atoms with Gasteiger partial charge in [0.2, 0.25) is 11.8 Å². The molecule has 5 rings (SSSR count). The lowest BCUT2D eigenvalue weighted by atomic mass is 9.97. The molecule has 2 amide bonds. The second-order valence-electron chi connectivity index (χ2n) is 13.9. The number of hydrogen-bond acceptors (Lipinski definition) is 8. The minimum absolute atomic E-state index is 0.0143. The van der Waals surface area contributed by atoms with Gasteiger partial charge >= 0.3 is 0 Å². The molecule has 282 valence electrons. The fourth-order valence-corrected chi connectivity index (χ4v) is 6.73. The number of hydrogen-bond donors (Lipinski definition) is 5. The van der Waals surface area contributed by atoms with Crippen LogP contribution in [0.2, 0.25) is 0 Å². The van der Waals surface area contributed by atoms with E-state index in [9.17, 15) is 19.8 Å². The van der Waals surface area contributed by atoms with Crippen molar-refractivity contribution in [3.05, 3.63) is 131 Å². The van der Waals surface area contributed by atoms with Crippen LogP contribution in [0.25, 0.3) is 11.1 Å². The van der Waals surface area contributed by atoms with Crippen molar-refractivity contribution in [2.24, 2.45) is 0 Å². The van der Waals surface area contributed by atoms with Gasteiger partial charge in [-0.25, -0.2) is 5.48 Å². The van der Waals surface area contributed by atoms with Crippen LogP contribution in [0.3, 0.4) is 0 Å². The second kappa shape index (κ2) is 20.1. The third-order valence-electron chi connectivity index (χ3n) is 10.1. The molecule has 1 heterocycles. The van der Waals surface area contributed by atoms with Gasteiger partial charge in [0, 0.05) is 44.0 Å². The predicted octanol–water partition coefficient (Wildman–Crippen LogP) is 6.91. The van der Waals surface area contributed by atoms with Crippen molar-refractivity contribution in [1.82, 2.24) is 15.7 Å². The first-order chi connectivity index (χ1) is 25.7. The van der Waals surface area contributed by atoms with Crippen molar-refractivity contribution in [3.63, 3.8) is 0 Å². The van der Waals surface area contributed by atoms with Gasteiger partial charge in [0.25, 0.3) is 0 Å². The summed E-state index contributed by atoms with van der Waals surface area (Å²) in [6.07, 6.45) is 2.74. The van der Waals surface area contributed by atoms with Crippen LogP contribution in [0.5, 0.6) is 0 Å². The summed E-state index contributed by atoms with van der Waals surface area (Å²) in [4.78, 5) is 25.9. The van der Waals surface area contributed by atoms with Gasteiger partial charge in [-0.3, -0.25) is 19.7 Å². The fraction of sp³-hybridized carbons (Fsp3) is 0.395. The Balaban J connectivity index is 1.24. The molecule has 0 saturated carbocycles. The van der Waals surface area contributed by atoms with Crippen LogP contribution in [-0.2, 0) is 32.2 Å². The normalized spacial score (nSPS) is 18.3. The van der Waals surface area contributed by atoms with E-state index in [1.165, 1.54) is 0 Å². The number of nitrogens with one attached hydrogen (secondary N) is 2. The third-order valence-corrected chi connectivity index (χ3v) is 10.1. The monoisotopic (exact) mass is 723 g/mol. The van der Waals surface area contributed by atoms with Gasteiger partial charge < -0.3 is 25.0 Å². The lowest BCUT2D eigenvalue weighted by Gasteiger charge is -2.39. The molecule has 0 aliphatic carbocycles. The first kappa shape index (κ1) is 39.8. The van der Waals surface area contributed by atoms with E-state index in [0.717, 1.165) is 58.2 Å². The molecule has 0 unspecified atom stereocenters. The van der Waals surface area contributed by atoms with Crippen LogP contribution in [0.1, 0.15) is 98.2 Å². The van der Waals surface area contributed by atoms with E-state index in [1.54, 1.807) is 5.48 Å². The molecule has 0 aromatic heterocycles. The van der Waals surface area contributed by atoms with Crippen molar-refractivity contribution < 1.29 is 34.5 Å². The van der Waals surface area contributed by atoms with E-state index < -0.39 is 12.4 Å². The molecule has 5 N–H and O–H groups in total. The molecule has 10 heteroatoms. The van der Waals surface area contributed by atoms with E-state index in [0.29, 0.717) is 32.4 Å². The molecule has 1 fully saturated rings. The van der Waals surface area contributed by atoms with Crippen LogP contribution in [0, 0.1) is 0 Å². The Morgan fingerprint density at radius 1 is 0.811 bits per heavy atom. The molecule has 4 aromatic rings. The second-order valence-corrected chi connectivity index (χ2v) is 13.9. The minimum Gasteiger partial charge on any atom is -0.392 e. The van der Waals surface area contributed by atoms with Gasteiger partial charge in [-0.05, 0) is 60.2 Å². The average molecular weight is 724 g/mol. The SMILES string of the molecule is C[C@H]([C@@H](O)c1ccccc1)N(C)C[C@H]1C[C@@H](c2ccc(CO)cc2)O[C@@H](c2ccc(-c3ccccc3CNC(=O)CCCCCCC(=O)NO)cc2)O1. The lowest BCUT2D eigenvalue weighted by Crippen LogP contribution is -2.43. The Morgan fingerprint density at radius 2 is 1.45 bits per heavy atom. The maximum atomic E-state index is 12.6. The first-order valence-electron chi connectivity index (χ1n) is 18.6. The highest BCUT2D eigenvalue weighted by Gasteiger charge is 2.34. The van der Waals surface area contributed by atoms with Crippen molar-refractivity contribution in [1.29, 1.82) is 0 Å². The number of benzene rings is 4. The highest BCUT2D eigenvalue weighted by atomic mass is 16.7. The molecular weight excluding hydrogens is 670 g/mol. The zero-order chi connectivity index (χ0) is 37.6. The number of carbonyl (C=O) groups is 2. The highest BCUT2D eigenvalue weighted by Crippen LogP contribution is 2.39. The largest absolute Gasteiger partial charge is 0.392 e. The Labute approximate surface area is 312 Å². The molecule has 53 heavy (non-hydrogen) atoms. The number of amides is 2. The summed E-state index contributed by atoms with van der Waals surface area (Å²) in [5, 5.41) is 32.3. The quantitative estimate of drug-likeness (QED) is 0.0424. The molecule has 0 radical (unpaired) electrons. The minimum atomic E-state index is -0.646. The zero-order valence-electron chi connectivity index (χ0n) is 30.7. The smallest absolute Gasteiger partial charge is 0.243 e. The Hall–Kier alpha value is -4.42. The molecule has 10 nitrogen and oxygen atoms in total. The maximum Gasteiger partial charge on any atom is 0.243 e. The zero-order valence-corrected chi connectivity index (χ0v) is 30.7. The molecule has 4 aromatic carbocycles. The lowest BCUT2D eigenvalue weighted by molar-refractivity contribution is -0.253. The van der Waals surface area contributed by atoms with E-state index in [-0.39, 0.29) is 43.1 Å². The van der Waals surface area contributed by atoms with Crippen molar-refractivity contribution >= 4 is 11.8 Å². The van der Waals surface area contributed by atoms with Gasteiger partial charge in [-0.15, -0.1) is 0 Å². The molecular formula is C43H53N3O7. The molecule has 0 bridgehead atoms. The average Bonchev–Trinajstić information content (AvgIpc) is 3.21. The van der Waals surface area contributed by atoms with Gasteiger partial charge in [0.1, 0.15) is 0 Å². The van der Waals surface area contributed by atoms with Crippen molar-refractivity contribution in [2.75, 3.05) is 13.6 Å². The summed E-state index contributed by atoms with van der Waals surface area (Å²) in [5.41, 5.74) is 8.30. The number of nitrogens with zero attached hydrogens (tertiary/aromatic N) is 1. The van der Waals surface area contributed by atoms with Gasteiger partial charge in [0.05, 0.1) is 24.9 Å². The van der Waals surface area contributed by atoms with E-state index in [4.69, 9.17) is 14.7 Å². The van der Waals surface area contributed by atoms with Crippen LogP contribution in [-0.4, -0.2) is 57.9 Å². The fourth-order valence-electron chi connectivity index (χ4n) is 6.73.